The number of nitrogens with zero attached hydrogens (tertiary/aromatic N) is 2. The summed E-state index contributed by atoms with van der Waals surface area (Å²) in [6.45, 7) is 5.01. The molecule has 6 nitrogen and oxygen atoms in total. The van der Waals surface area contributed by atoms with Crippen LogP contribution in [0.1, 0.15) is 63.7 Å². The zero-order valence-electron chi connectivity index (χ0n) is 18.2. The molecule has 3 aliphatic rings. The van der Waals surface area contributed by atoms with E-state index in [1.807, 2.05) is 17.0 Å². The molecule has 2 saturated carbocycles. The Morgan fingerprint density at radius 3 is 2.55 bits per heavy atom. The highest BCUT2D eigenvalue weighted by Crippen LogP contribution is 2.45. The normalized spacial score (nSPS) is 21.1. The SMILES string of the molecule is CC1(C)CN(C(=O)C2CC2)c2ccc(S(=O)(=O)N(Cc3ccco3)C3CCCC3)cc21. The number of hydrogen-bond acceptors (Lipinski definition) is 4. The predicted octanol–water partition coefficient (Wildman–Crippen LogP) is 4.45. The summed E-state index contributed by atoms with van der Waals surface area (Å²) in [5.74, 6) is 0.960. The minimum atomic E-state index is -3.70. The summed E-state index contributed by atoms with van der Waals surface area (Å²) in [6.07, 6.45) is 7.34. The third-order valence-corrected chi connectivity index (χ3v) is 8.86. The molecule has 0 unspecified atom stereocenters. The summed E-state index contributed by atoms with van der Waals surface area (Å²) in [5, 5.41) is 0. The largest absolute Gasteiger partial charge is 0.468 e. The molecule has 2 fully saturated rings. The summed E-state index contributed by atoms with van der Waals surface area (Å²) in [4.78, 5) is 15.0. The first kappa shape index (κ1) is 20.8. The summed E-state index contributed by atoms with van der Waals surface area (Å²) in [5.41, 5.74) is 1.51. The molecule has 2 aliphatic carbocycles. The molecule has 0 saturated heterocycles. The zero-order chi connectivity index (χ0) is 21.8. The van der Waals surface area contributed by atoms with Crippen LogP contribution in [-0.2, 0) is 26.8 Å². The maximum Gasteiger partial charge on any atom is 0.243 e. The first-order chi connectivity index (χ1) is 14.8. The van der Waals surface area contributed by atoms with E-state index in [9.17, 15) is 13.2 Å². The number of rotatable bonds is 6. The molecule has 1 aromatic carbocycles. The van der Waals surface area contributed by atoms with Crippen LogP contribution in [0.5, 0.6) is 0 Å². The summed E-state index contributed by atoms with van der Waals surface area (Å²) in [7, 11) is -3.70. The number of anilines is 1. The van der Waals surface area contributed by atoms with Crippen LogP contribution in [0.2, 0.25) is 0 Å². The van der Waals surface area contributed by atoms with E-state index in [-0.39, 0.29) is 29.8 Å². The van der Waals surface area contributed by atoms with Crippen LogP contribution in [0.25, 0.3) is 0 Å². The predicted molar refractivity (Wildman–Crippen MR) is 118 cm³/mol. The Bertz CT molecular complexity index is 1080. The van der Waals surface area contributed by atoms with Crippen molar-refractivity contribution in [2.24, 2.45) is 5.92 Å². The lowest BCUT2D eigenvalue weighted by atomic mass is 9.87. The minimum Gasteiger partial charge on any atom is -0.468 e. The fourth-order valence-corrected chi connectivity index (χ4v) is 6.74. The van der Waals surface area contributed by atoms with Gasteiger partial charge in [0.2, 0.25) is 15.9 Å². The van der Waals surface area contributed by atoms with Crippen LogP contribution in [0.3, 0.4) is 0 Å². The average molecular weight is 443 g/mol. The van der Waals surface area contributed by atoms with E-state index in [4.69, 9.17) is 4.42 Å². The number of fused-ring (bicyclic) bond motifs is 1. The molecule has 1 aliphatic heterocycles. The summed E-state index contributed by atoms with van der Waals surface area (Å²) < 4.78 is 34.7. The second kappa shape index (κ2) is 7.48. The van der Waals surface area contributed by atoms with Gasteiger partial charge >= 0.3 is 0 Å². The average Bonchev–Trinajstić information content (AvgIpc) is 3.13. The van der Waals surface area contributed by atoms with E-state index in [1.165, 1.54) is 0 Å². The third kappa shape index (κ3) is 3.72. The van der Waals surface area contributed by atoms with Crippen molar-refractivity contribution in [1.29, 1.82) is 0 Å². The lowest BCUT2D eigenvalue weighted by molar-refractivity contribution is -0.119. The van der Waals surface area contributed by atoms with Crippen LogP contribution in [0, 0.1) is 5.92 Å². The smallest absolute Gasteiger partial charge is 0.243 e. The van der Waals surface area contributed by atoms with Crippen molar-refractivity contribution < 1.29 is 17.6 Å². The van der Waals surface area contributed by atoms with Crippen molar-refractivity contribution >= 4 is 21.6 Å². The Kier molecular flexibility index (Phi) is 5.01. The number of hydrogen-bond donors (Lipinski definition) is 0. The maximum atomic E-state index is 13.8. The number of carbonyl (C=O) groups is 1. The molecule has 2 aromatic rings. The fraction of sp³-hybridized carbons (Fsp3) is 0.542. The molecule has 0 N–H and O–H groups in total. The molecule has 31 heavy (non-hydrogen) atoms. The lowest BCUT2D eigenvalue weighted by Crippen LogP contribution is -2.38. The van der Waals surface area contributed by atoms with Crippen LogP contribution in [-0.4, -0.2) is 31.2 Å². The Morgan fingerprint density at radius 1 is 1.16 bits per heavy atom. The Labute approximate surface area is 184 Å². The van der Waals surface area contributed by atoms with Gasteiger partial charge in [-0.2, -0.15) is 4.31 Å². The Morgan fingerprint density at radius 2 is 1.90 bits per heavy atom. The molecule has 0 bridgehead atoms. The highest BCUT2D eigenvalue weighted by atomic mass is 32.2. The van der Waals surface area contributed by atoms with Crippen LogP contribution >= 0.6 is 0 Å². The van der Waals surface area contributed by atoms with Gasteiger partial charge in [0, 0.05) is 29.6 Å². The van der Waals surface area contributed by atoms with Gasteiger partial charge < -0.3 is 9.32 Å². The van der Waals surface area contributed by atoms with E-state index in [2.05, 4.69) is 13.8 Å². The monoisotopic (exact) mass is 442 g/mol. The molecule has 0 radical (unpaired) electrons. The van der Waals surface area contributed by atoms with Gasteiger partial charge in [0.15, 0.2) is 0 Å². The molecule has 2 heterocycles. The second-order valence-electron chi connectivity index (χ2n) is 9.83. The van der Waals surface area contributed by atoms with Gasteiger partial charge in [0.1, 0.15) is 5.76 Å². The lowest BCUT2D eigenvalue weighted by Gasteiger charge is -2.28. The first-order valence-corrected chi connectivity index (χ1v) is 12.7. The Balaban J connectivity index is 1.51. The number of benzene rings is 1. The number of carbonyl (C=O) groups excluding carboxylic acids is 1. The standard InChI is InChI=1S/C24H30N2O4S/c1-24(2)16-25(23(27)17-9-10-17)22-12-11-20(14-21(22)24)31(28,29)26(18-6-3-4-7-18)15-19-8-5-13-30-19/h5,8,11-14,17-18H,3-4,6-7,9-10,15-16H2,1-2H3. The second-order valence-corrected chi connectivity index (χ2v) is 11.7. The van der Waals surface area contributed by atoms with Crippen LogP contribution < -0.4 is 4.90 Å². The minimum absolute atomic E-state index is 0.00990. The molecule has 1 amide bonds. The van der Waals surface area contributed by atoms with Crippen LogP contribution in [0.15, 0.2) is 45.9 Å². The van der Waals surface area contributed by atoms with Gasteiger partial charge in [-0.1, -0.05) is 26.7 Å². The number of sulfonamides is 1. The molecule has 7 heteroatoms. The molecular formula is C24H30N2O4S. The van der Waals surface area contributed by atoms with Crippen molar-refractivity contribution in [3.8, 4) is 0 Å². The van der Waals surface area contributed by atoms with Crippen molar-refractivity contribution in [2.45, 2.75) is 75.3 Å². The van der Waals surface area contributed by atoms with Gasteiger partial charge in [-0.05, 0) is 61.6 Å². The zero-order valence-corrected chi connectivity index (χ0v) is 19.0. The summed E-state index contributed by atoms with van der Waals surface area (Å²) in [6, 6.07) is 8.91. The van der Waals surface area contributed by atoms with Crippen molar-refractivity contribution in [3.05, 3.63) is 47.9 Å². The molecule has 0 spiro atoms. The van der Waals surface area contributed by atoms with Gasteiger partial charge in [0.25, 0.3) is 0 Å². The quantitative estimate of drug-likeness (QED) is 0.663. The van der Waals surface area contributed by atoms with Crippen molar-refractivity contribution in [1.82, 2.24) is 4.31 Å². The van der Waals surface area contributed by atoms with Gasteiger partial charge in [0.05, 0.1) is 17.7 Å². The van der Waals surface area contributed by atoms with Crippen molar-refractivity contribution in [2.75, 3.05) is 11.4 Å². The third-order valence-electron chi connectivity index (χ3n) is 6.96. The van der Waals surface area contributed by atoms with E-state index < -0.39 is 10.0 Å². The van der Waals surface area contributed by atoms with Gasteiger partial charge in [-0.3, -0.25) is 4.79 Å². The van der Waals surface area contributed by atoms with E-state index >= 15 is 0 Å². The van der Waals surface area contributed by atoms with E-state index in [0.717, 1.165) is 49.8 Å². The topological polar surface area (TPSA) is 70.8 Å². The highest BCUT2D eigenvalue weighted by Gasteiger charge is 2.44. The number of furan rings is 1. The first-order valence-electron chi connectivity index (χ1n) is 11.3. The van der Waals surface area contributed by atoms with Crippen molar-refractivity contribution in [3.63, 3.8) is 0 Å². The van der Waals surface area contributed by atoms with Gasteiger partial charge in [-0.15, -0.1) is 0 Å². The molecule has 166 valence electrons. The fourth-order valence-electron chi connectivity index (χ4n) is 5.06. The van der Waals surface area contributed by atoms with E-state index in [1.54, 1.807) is 28.8 Å². The van der Waals surface area contributed by atoms with E-state index in [0.29, 0.717) is 17.2 Å². The van der Waals surface area contributed by atoms with Gasteiger partial charge in [-0.25, -0.2) is 8.42 Å². The highest BCUT2D eigenvalue weighted by molar-refractivity contribution is 7.89. The molecule has 5 rings (SSSR count). The molecule has 1 aromatic heterocycles. The molecule has 0 atom stereocenters. The Hall–Kier alpha value is -2.12. The summed E-state index contributed by atoms with van der Waals surface area (Å²) >= 11 is 0. The molecular weight excluding hydrogens is 412 g/mol. The number of amides is 1. The maximum absolute atomic E-state index is 13.8. The van der Waals surface area contributed by atoms with Crippen LogP contribution in [0.4, 0.5) is 5.69 Å².